The van der Waals surface area contributed by atoms with Crippen LogP contribution in [0.15, 0.2) is 41.0 Å². The molecule has 3 aromatic rings. The molecule has 1 aliphatic heterocycles. The van der Waals surface area contributed by atoms with Crippen LogP contribution >= 0.6 is 0 Å². The fraction of sp³-hybridized carbons (Fsp3) is 0.417. The van der Waals surface area contributed by atoms with Gasteiger partial charge < -0.3 is 9.32 Å². The highest BCUT2D eigenvalue weighted by molar-refractivity contribution is 5.94. The third kappa shape index (κ3) is 3.42. The lowest BCUT2D eigenvalue weighted by Gasteiger charge is -2.35. The van der Waals surface area contributed by atoms with Gasteiger partial charge in [-0.2, -0.15) is 18.3 Å². The molecular weight excluding hydrogens is 419 g/mol. The van der Waals surface area contributed by atoms with Crippen LogP contribution in [0.3, 0.4) is 0 Å². The molecule has 0 N–H and O–H groups in total. The van der Waals surface area contributed by atoms with Crippen molar-refractivity contribution in [3.05, 3.63) is 59.2 Å². The van der Waals surface area contributed by atoms with Gasteiger partial charge in [-0.25, -0.2) is 4.68 Å². The molecule has 1 atom stereocenters. The fourth-order valence-corrected chi connectivity index (χ4v) is 4.97. The zero-order valence-corrected chi connectivity index (χ0v) is 17.8. The Balaban J connectivity index is 1.53. The van der Waals surface area contributed by atoms with E-state index in [1.165, 1.54) is 10.9 Å². The minimum Gasteiger partial charge on any atom is -0.469 e. The number of benzene rings is 1. The monoisotopic (exact) mass is 443 g/mol. The zero-order valence-electron chi connectivity index (χ0n) is 17.8. The highest BCUT2D eigenvalue weighted by atomic mass is 19.4. The minimum absolute atomic E-state index is 0.0290. The van der Waals surface area contributed by atoms with Gasteiger partial charge in [0.2, 0.25) is 0 Å². The van der Waals surface area contributed by atoms with Gasteiger partial charge in [-0.15, -0.1) is 0 Å². The van der Waals surface area contributed by atoms with Crippen LogP contribution in [0.2, 0.25) is 0 Å². The molecule has 1 unspecified atom stereocenters. The molecule has 1 fully saturated rings. The summed E-state index contributed by atoms with van der Waals surface area (Å²) in [5, 5.41) is 3.96. The molecule has 0 bridgehead atoms. The van der Waals surface area contributed by atoms with Crippen LogP contribution in [-0.2, 0) is 19.0 Å². The van der Waals surface area contributed by atoms with E-state index >= 15 is 0 Å². The van der Waals surface area contributed by atoms with E-state index in [1.807, 2.05) is 4.90 Å². The average molecular weight is 443 g/mol. The van der Waals surface area contributed by atoms with Crippen molar-refractivity contribution >= 4 is 5.91 Å². The van der Waals surface area contributed by atoms with Crippen LogP contribution in [0, 0.1) is 0 Å². The van der Waals surface area contributed by atoms with Crippen LogP contribution < -0.4 is 0 Å². The summed E-state index contributed by atoms with van der Waals surface area (Å²) in [6, 6.07) is 8.62. The molecule has 1 aliphatic carbocycles. The molecular formula is C24H24F3N3O2. The van der Waals surface area contributed by atoms with Gasteiger partial charge in [0.1, 0.15) is 5.76 Å². The van der Waals surface area contributed by atoms with Crippen LogP contribution in [0.5, 0.6) is 0 Å². The Hall–Kier alpha value is -3.03. The molecule has 3 heterocycles. The number of carbonyl (C=O) groups is 1. The quantitative estimate of drug-likeness (QED) is 0.525. The summed E-state index contributed by atoms with van der Waals surface area (Å²) in [6.07, 6.45) is 1.62. The number of aryl methyl sites for hydroxylation is 1. The number of furan rings is 1. The predicted octanol–water partition coefficient (Wildman–Crippen LogP) is 5.65. The van der Waals surface area contributed by atoms with E-state index in [-0.39, 0.29) is 23.9 Å². The van der Waals surface area contributed by atoms with Crippen LogP contribution in [0.1, 0.15) is 60.0 Å². The molecule has 1 amide bonds. The maximum absolute atomic E-state index is 13.7. The van der Waals surface area contributed by atoms with Gasteiger partial charge in [0, 0.05) is 35.7 Å². The Kier molecular flexibility index (Phi) is 5.10. The average Bonchev–Trinajstić information content (AvgIpc) is 3.43. The first-order valence-corrected chi connectivity index (χ1v) is 11.1. The van der Waals surface area contributed by atoms with Crippen molar-refractivity contribution in [1.29, 1.82) is 0 Å². The Morgan fingerprint density at radius 2 is 1.94 bits per heavy atom. The summed E-state index contributed by atoms with van der Waals surface area (Å²) >= 11 is 0. The van der Waals surface area contributed by atoms with Crippen LogP contribution in [-0.4, -0.2) is 33.2 Å². The summed E-state index contributed by atoms with van der Waals surface area (Å²) in [6.45, 7) is 2.83. The van der Waals surface area contributed by atoms with E-state index in [4.69, 9.17) is 4.42 Å². The molecule has 168 valence electrons. The predicted molar refractivity (Wildman–Crippen MR) is 113 cm³/mol. The molecule has 2 aromatic heterocycles. The Bertz CT molecular complexity index is 1140. The molecule has 1 saturated heterocycles. The molecule has 0 radical (unpaired) electrons. The summed E-state index contributed by atoms with van der Waals surface area (Å²) in [4.78, 5) is 15.0. The minimum atomic E-state index is -4.55. The van der Waals surface area contributed by atoms with Crippen molar-refractivity contribution in [3.63, 3.8) is 0 Å². The number of carbonyl (C=O) groups excluding carboxylic acids is 1. The maximum Gasteiger partial charge on any atom is 0.435 e. The van der Waals surface area contributed by atoms with Gasteiger partial charge in [-0.3, -0.25) is 4.79 Å². The standard InChI is InChI=1S/C24H24F3N3O2/c1-2-16-5-3-4-13-29(16)23(31)15-6-8-17(9-7-15)30-21-18-12-14-32-20(18)11-10-19(21)22(28-30)24(25,26)27/h6-9,12,14,16H,2-5,10-11,13H2,1H3. The Morgan fingerprint density at radius 3 is 2.66 bits per heavy atom. The molecule has 32 heavy (non-hydrogen) atoms. The van der Waals surface area contributed by atoms with Crippen molar-refractivity contribution in [2.45, 2.75) is 57.7 Å². The smallest absolute Gasteiger partial charge is 0.435 e. The lowest BCUT2D eigenvalue weighted by Crippen LogP contribution is -2.43. The van der Waals surface area contributed by atoms with Crippen molar-refractivity contribution in [2.24, 2.45) is 0 Å². The SMILES string of the molecule is CCC1CCCCN1C(=O)c1ccc(-n2nc(C(F)(F)F)c3c2-c2ccoc2CC3)cc1. The van der Waals surface area contributed by atoms with Crippen molar-refractivity contribution in [3.8, 4) is 16.9 Å². The van der Waals surface area contributed by atoms with E-state index in [2.05, 4.69) is 12.0 Å². The molecule has 5 rings (SSSR count). The van der Waals surface area contributed by atoms with E-state index < -0.39 is 11.9 Å². The third-order valence-corrected chi connectivity index (χ3v) is 6.57. The number of hydrogen-bond acceptors (Lipinski definition) is 3. The van der Waals surface area contributed by atoms with Crippen molar-refractivity contribution in [2.75, 3.05) is 6.54 Å². The van der Waals surface area contributed by atoms with Gasteiger partial charge in [-0.05, 0) is 62.4 Å². The second kappa shape index (κ2) is 7.83. The highest BCUT2D eigenvalue weighted by Gasteiger charge is 2.41. The number of halogens is 3. The second-order valence-corrected chi connectivity index (χ2v) is 8.45. The normalized spacial score (nSPS) is 18.4. The number of amides is 1. The summed E-state index contributed by atoms with van der Waals surface area (Å²) in [5.74, 6) is 0.633. The fourth-order valence-electron chi connectivity index (χ4n) is 4.97. The number of fused-ring (bicyclic) bond motifs is 3. The van der Waals surface area contributed by atoms with E-state index in [0.717, 1.165) is 32.2 Å². The van der Waals surface area contributed by atoms with E-state index in [9.17, 15) is 18.0 Å². The lowest BCUT2D eigenvalue weighted by atomic mass is 9.94. The topological polar surface area (TPSA) is 51.3 Å². The maximum atomic E-state index is 13.7. The largest absolute Gasteiger partial charge is 0.469 e. The Labute approximate surface area is 183 Å². The zero-order chi connectivity index (χ0) is 22.5. The molecule has 5 nitrogen and oxygen atoms in total. The molecule has 0 spiro atoms. The number of alkyl halides is 3. The summed E-state index contributed by atoms with van der Waals surface area (Å²) in [7, 11) is 0. The number of nitrogens with zero attached hydrogens (tertiary/aromatic N) is 3. The summed E-state index contributed by atoms with van der Waals surface area (Å²) < 4.78 is 47.9. The number of aromatic nitrogens is 2. The van der Waals surface area contributed by atoms with Gasteiger partial charge in [0.15, 0.2) is 5.69 Å². The van der Waals surface area contributed by atoms with E-state index in [0.29, 0.717) is 34.7 Å². The number of piperidine rings is 1. The Morgan fingerprint density at radius 1 is 1.16 bits per heavy atom. The number of rotatable bonds is 3. The van der Waals surface area contributed by atoms with E-state index in [1.54, 1.807) is 30.3 Å². The van der Waals surface area contributed by atoms with Crippen molar-refractivity contribution < 1.29 is 22.4 Å². The number of hydrogen-bond donors (Lipinski definition) is 0. The highest BCUT2D eigenvalue weighted by Crippen LogP contribution is 2.42. The van der Waals surface area contributed by atoms with Crippen LogP contribution in [0.4, 0.5) is 13.2 Å². The first-order valence-electron chi connectivity index (χ1n) is 11.1. The first kappa shape index (κ1) is 20.8. The van der Waals surface area contributed by atoms with Crippen LogP contribution in [0.25, 0.3) is 16.9 Å². The molecule has 1 aromatic carbocycles. The second-order valence-electron chi connectivity index (χ2n) is 8.45. The van der Waals surface area contributed by atoms with Gasteiger partial charge in [-0.1, -0.05) is 6.92 Å². The molecule has 0 saturated carbocycles. The molecule has 8 heteroatoms. The molecule has 2 aliphatic rings. The summed E-state index contributed by atoms with van der Waals surface area (Å²) in [5.41, 5.74) is 1.38. The van der Waals surface area contributed by atoms with Gasteiger partial charge in [0.05, 0.1) is 17.6 Å². The third-order valence-electron chi connectivity index (χ3n) is 6.57. The van der Waals surface area contributed by atoms with Gasteiger partial charge in [0.25, 0.3) is 5.91 Å². The lowest BCUT2D eigenvalue weighted by molar-refractivity contribution is -0.142. The van der Waals surface area contributed by atoms with Crippen molar-refractivity contribution in [1.82, 2.24) is 14.7 Å². The first-order chi connectivity index (χ1) is 15.4. The number of likely N-dealkylation sites (tertiary alicyclic amines) is 1. The van der Waals surface area contributed by atoms with Gasteiger partial charge >= 0.3 is 6.18 Å².